The Balaban J connectivity index is 1.42. The summed E-state index contributed by atoms with van der Waals surface area (Å²) in [5.74, 6) is 2.85. The number of aromatic nitrogens is 3. The van der Waals surface area contributed by atoms with Crippen molar-refractivity contribution in [2.45, 2.75) is 44.4 Å². The molecular weight excluding hydrogens is 392 g/mol. The Bertz CT molecular complexity index is 922. The number of thioether (sulfide) groups is 1. The van der Waals surface area contributed by atoms with E-state index in [-0.39, 0.29) is 0 Å². The maximum absolute atomic E-state index is 5.96. The highest BCUT2D eigenvalue weighted by atomic mass is 32.2. The molecule has 1 aromatic heterocycles. The molecule has 0 saturated carbocycles. The van der Waals surface area contributed by atoms with Gasteiger partial charge in [-0.2, -0.15) is 0 Å². The summed E-state index contributed by atoms with van der Waals surface area (Å²) in [7, 11) is 0. The fourth-order valence-corrected chi connectivity index (χ4v) is 4.56. The summed E-state index contributed by atoms with van der Waals surface area (Å²) >= 11 is 1.72. The van der Waals surface area contributed by atoms with Crippen molar-refractivity contribution in [3.8, 4) is 5.75 Å². The molecule has 0 amide bonds. The van der Waals surface area contributed by atoms with E-state index < -0.39 is 0 Å². The number of para-hydroxylation sites is 1. The second-order valence-corrected chi connectivity index (χ2v) is 8.83. The average Bonchev–Trinajstić information content (AvgIpc) is 3.15. The zero-order valence-corrected chi connectivity index (χ0v) is 18.5. The third kappa shape index (κ3) is 5.64. The Hall–Kier alpha value is -2.31. The van der Waals surface area contributed by atoms with Crippen LogP contribution in [0.25, 0.3) is 0 Å². The zero-order chi connectivity index (χ0) is 20.6. The van der Waals surface area contributed by atoms with E-state index in [4.69, 9.17) is 4.74 Å². The van der Waals surface area contributed by atoms with Crippen LogP contribution in [0.3, 0.4) is 0 Å². The number of hydrogen-bond donors (Lipinski definition) is 0. The predicted molar refractivity (Wildman–Crippen MR) is 122 cm³/mol. The molecule has 1 saturated heterocycles. The lowest BCUT2D eigenvalue weighted by atomic mass is 10.1. The molecule has 2 aromatic carbocycles. The number of aryl methyl sites for hydroxylation is 1. The molecule has 6 heteroatoms. The molecule has 30 heavy (non-hydrogen) atoms. The zero-order valence-electron chi connectivity index (χ0n) is 17.7. The van der Waals surface area contributed by atoms with Crippen molar-refractivity contribution in [2.24, 2.45) is 0 Å². The maximum Gasteiger partial charge on any atom is 0.191 e. The summed E-state index contributed by atoms with van der Waals surface area (Å²) in [6, 6.07) is 18.7. The SMILES string of the molecule is Cc1ccccc1OCCSc1nnc(CN2CCCCC2)n1Cc1ccccc1. The third-order valence-corrected chi connectivity index (χ3v) is 6.39. The Morgan fingerprint density at radius 1 is 0.900 bits per heavy atom. The predicted octanol–water partition coefficient (Wildman–Crippen LogP) is 4.79. The molecule has 0 bridgehead atoms. The van der Waals surface area contributed by atoms with Crippen LogP contribution in [0.5, 0.6) is 5.75 Å². The number of nitrogens with zero attached hydrogens (tertiary/aromatic N) is 4. The van der Waals surface area contributed by atoms with E-state index in [2.05, 4.69) is 63.0 Å². The first-order valence-electron chi connectivity index (χ1n) is 10.8. The second kappa shape index (κ2) is 10.6. The molecule has 158 valence electrons. The highest BCUT2D eigenvalue weighted by Gasteiger charge is 2.18. The number of benzene rings is 2. The molecule has 1 fully saturated rings. The summed E-state index contributed by atoms with van der Waals surface area (Å²) in [6.45, 7) is 6.72. The van der Waals surface area contributed by atoms with E-state index in [0.29, 0.717) is 6.61 Å². The number of likely N-dealkylation sites (tertiary alicyclic amines) is 1. The number of piperidine rings is 1. The van der Waals surface area contributed by atoms with Crippen LogP contribution >= 0.6 is 11.8 Å². The normalized spacial score (nSPS) is 14.7. The Morgan fingerprint density at radius 3 is 2.47 bits per heavy atom. The Kier molecular flexibility index (Phi) is 7.43. The topological polar surface area (TPSA) is 43.2 Å². The standard InChI is InChI=1S/C24H30N4OS/c1-20-10-6-7-13-22(20)29-16-17-30-24-26-25-23(19-27-14-8-3-9-15-27)28(24)18-21-11-4-2-5-12-21/h2,4-7,10-13H,3,8-9,14-19H2,1H3. The van der Waals surface area contributed by atoms with Crippen LogP contribution in [0.15, 0.2) is 59.8 Å². The largest absolute Gasteiger partial charge is 0.492 e. The van der Waals surface area contributed by atoms with Gasteiger partial charge in [-0.25, -0.2) is 0 Å². The van der Waals surface area contributed by atoms with Crippen LogP contribution in [-0.2, 0) is 13.1 Å². The van der Waals surface area contributed by atoms with Gasteiger partial charge in [0, 0.05) is 5.75 Å². The number of rotatable bonds is 9. The van der Waals surface area contributed by atoms with Crippen molar-refractivity contribution in [3.63, 3.8) is 0 Å². The van der Waals surface area contributed by atoms with Gasteiger partial charge in [-0.05, 0) is 50.0 Å². The van der Waals surface area contributed by atoms with Crippen molar-refractivity contribution in [2.75, 3.05) is 25.4 Å². The van der Waals surface area contributed by atoms with Gasteiger partial charge in [-0.15, -0.1) is 10.2 Å². The quantitative estimate of drug-likeness (QED) is 0.366. The van der Waals surface area contributed by atoms with Gasteiger partial charge in [0.15, 0.2) is 5.16 Å². The lowest BCUT2D eigenvalue weighted by Crippen LogP contribution is -2.30. The van der Waals surface area contributed by atoms with Crippen LogP contribution in [-0.4, -0.2) is 45.1 Å². The molecule has 0 aliphatic carbocycles. The first-order chi connectivity index (χ1) is 14.8. The van der Waals surface area contributed by atoms with Gasteiger partial charge >= 0.3 is 0 Å². The van der Waals surface area contributed by atoms with Crippen LogP contribution < -0.4 is 4.74 Å². The highest BCUT2D eigenvalue weighted by molar-refractivity contribution is 7.99. The van der Waals surface area contributed by atoms with Crippen molar-refractivity contribution in [1.82, 2.24) is 19.7 Å². The summed E-state index contributed by atoms with van der Waals surface area (Å²) in [5.41, 5.74) is 2.44. The number of hydrogen-bond acceptors (Lipinski definition) is 5. The summed E-state index contributed by atoms with van der Waals surface area (Å²) in [4.78, 5) is 2.50. The van der Waals surface area contributed by atoms with Crippen LogP contribution in [0.4, 0.5) is 0 Å². The van der Waals surface area contributed by atoms with E-state index in [1.165, 1.54) is 30.4 Å². The van der Waals surface area contributed by atoms with Gasteiger partial charge in [-0.1, -0.05) is 66.7 Å². The second-order valence-electron chi connectivity index (χ2n) is 7.77. The van der Waals surface area contributed by atoms with E-state index in [0.717, 1.165) is 48.7 Å². The van der Waals surface area contributed by atoms with Gasteiger partial charge in [0.05, 0.1) is 19.7 Å². The molecule has 1 aliphatic rings. The van der Waals surface area contributed by atoms with Gasteiger partial charge in [0.2, 0.25) is 0 Å². The van der Waals surface area contributed by atoms with Crippen molar-refractivity contribution >= 4 is 11.8 Å². The molecule has 0 N–H and O–H groups in total. The smallest absolute Gasteiger partial charge is 0.191 e. The molecule has 0 spiro atoms. The van der Waals surface area contributed by atoms with E-state index in [1.807, 2.05) is 18.2 Å². The van der Waals surface area contributed by atoms with Gasteiger partial charge in [0.1, 0.15) is 11.6 Å². The minimum Gasteiger partial charge on any atom is -0.492 e. The number of ether oxygens (including phenoxy) is 1. The fourth-order valence-electron chi connectivity index (χ4n) is 3.79. The van der Waals surface area contributed by atoms with Crippen molar-refractivity contribution in [1.29, 1.82) is 0 Å². The minimum absolute atomic E-state index is 0.648. The Labute approximate surface area is 183 Å². The fraction of sp³-hybridized carbons (Fsp3) is 0.417. The van der Waals surface area contributed by atoms with E-state index in [1.54, 1.807) is 11.8 Å². The average molecular weight is 423 g/mol. The van der Waals surface area contributed by atoms with Crippen LogP contribution in [0.2, 0.25) is 0 Å². The maximum atomic E-state index is 5.96. The summed E-state index contributed by atoms with van der Waals surface area (Å²) in [5, 5.41) is 10.1. The monoisotopic (exact) mass is 422 g/mol. The van der Waals surface area contributed by atoms with Gasteiger partial charge < -0.3 is 9.30 Å². The van der Waals surface area contributed by atoms with E-state index in [9.17, 15) is 0 Å². The Morgan fingerprint density at radius 2 is 1.67 bits per heavy atom. The summed E-state index contributed by atoms with van der Waals surface area (Å²) in [6.07, 6.45) is 3.91. The first-order valence-corrected chi connectivity index (χ1v) is 11.8. The first kappa shape index (κ1) is 20.9. The van der Waals surface area contributed by atoms with Gasteiger partial charge in [0.25, 0.3) is 0 Å². The summed E-state index contributed by atoms with van der Waals surface area (Å²) < 4.78 is 8.24. The van der Waals surface area contributed by atoms with Gasteiger partial charge in [-0.3, -0.25) is 4.90 Å². The molecule has 2 heterocycles. The van der Waals surface area contributed by atoms with Crippen molar-refractivity contribution in [3.05, 3.63) is 71.5 Å². The minimum atomic E-state index is 0.648. The molecule has 0 atom stereocenters. The van der Waals surface area contributed by atoms with Crippen LogP contribution in [0, 0.1) is 6.92 Å². The molecular formula is C24H30N4OS. The molecule has 0 radical (unpaired) electrons. The molecule has 5 nitrogen and oxygen atoms in total. The third-order valence-electron chi connectivity index (χ3n) is 5.46. The highest BCUT2D eigenvalue weighted by Crippen LogP contribution is 2.22. The lowest BCUT2D eigenvalue weighted by Gasteiger charge is -2.26. The lowest BCUT2D eigenvalue weighted by molar-refractivity contribution is 0.213. The molecule has 0 unspecified atom stereocenters. The molecule has 1 aliphatic heterocycles. The van der Waals surface area contributed by atoms with E-state index >= 15 is 0 Å². The molecule has 4 rings (SSSR count). The van der Waals surface area contributed by atoms with Crippen LogP contribution in [0.1, 0.15) is 36.2 Å². The molecule has 3 aromatic rings. The van der Waals surface area contributed by atoms with Crippen molar-refractivity contribution < 1.29 is 4.74 Å².